The number of halogens is 2. The Kier molecular flexibility index (Phi) is 9.93. The van der Waals surface area contributed by atoms with Gasteiger partial charge in [0.05, 0.1) is 0 Å². The van der Waals surface area contributed by atoms with Crippen molar-refractivity contribution in [2.75, 3.05) is 0 Å². The molecule has 0 saturated carbocycles. The van der Waals surface area contributed by atoms with Gasteiger partial charge >= 0.3 is 285 Å². The number of benzene rings is 4. The van der Waals surface area contributed by atoms with Crippen LogP contribution >= 0.6 is 0 Å². The molecule has 0 atom stereocenters. The topological polar surface area (TPSA) is 0 Å². The van der Waals surface area contributed by atoms with Crippen LogP contribution in [0.15, 0.2) is 105 Å². The Labute approximate surface area is 307 Å². The van der Waals surface area contributed by atoms with E-state index in [1.165, 1.54) is 59.2 Å². The summed E-state index contributed by atoms with van der Waals surface area (Å²) in [6.07, 6.45) is 3.76. The first-order valence-electron chi connectivity index (χ1n) is 17.5. The molecule has 7 rings (SSSR count). The van der Waals surface area contributed by atoms with Crippen LogP contribution in [-0.2, 0) is 31.1 Å². The van der Waals surface area contributed by atoms with Gasteiger partial charge in [0, 0.05) is 0 Å². The van der Waals surface area contributed by atoms with E-state index in [-0.39, 0.29) is 41.1 Å². The van der Waals surface area contributed by atoms with E-state index >= 15 is 0 Å². The molecular weight excluding hydrogens is 703 g/mol. The zero-order valence-corrected chi connectivity index (χ0v) is 34.6. The molecule has 1 heterocycles. The number of hydrogen-bond acceptors (Lipinski definition) is 0. The maximum atomic E-state index is 2.68. The van der Waals surface area contributed by atoms with Crippen molar-refractivity contribution in [3.63, 3.8) is 0 Å². The van der Waals surface area contributed by atoms with Crippen molar-refractivity contribution < 1.29 is 45.1 Å². The van der Waals surface area contributed by atoms with Gasteiger partial charge in [0.2, 0.25) is 0 Å². The molecule has 0 radical (unpaired) electrons. The second-order valence-electron chi connectivity index (χ2n) is 17.5. The Morgan fingerprint density at radius 3 is 1.31 bits per heavy atom. The van der Waals surface area contributed by atoms with E-state index in [9.17, 15) is 0 Å². The monoisotopic (exact) mass is 752 g/mol. The molecule has 4 aromatic rings. The maximum absolute atomic E-state index is 2.88. The molecule has 1 aliphatic heterocycles. The van der Waals surface area contributed by atoms with Crippen LogP contribution in [0.3, 0.4) is 0 Å². The van der Waals surface area contributed by atoms with E-state index in [0.29, 0.717) is 3.63 Å². The SMILES string of the molecule is CC1=CC[C]([Zr+2]2([CH]3c4cc(-c5ccccc5)c(C(C)(C)C)cc4-c4cc(C(C)(C)C)c(-c5ccccc5)cc43)[CH2][CH2]2)=C1C(C)(C)C.[Cl-].[Cl-]. The summed E-state index contributed by atoms with van der Waals surface area (Å²) in [7, 11) is 0. The van der Waals surface area contributed by atoms with Gasteiger partial charge in [-0.15, -0.1) is 0 Å². The first-order chi connectivity index (χ1) is 21.6. The van der Waals surface area contributed by atoms with Crippen molar-refractivity contribution in [3.05, 3.63) is 128 Å². The van der Waals surface area contributed by atoms with E-state index in [1.807, 2.05) is 3.28 Å². The van der Waals surface area contributed by atoms with Crippen molar-refractivity contribution in [1.82, 2.24) is 0 Å². The number of fused-ring (bicyclic) bond motifs is 3. The van der Waals surface area contributed by atoms with Gasteiger partial charge in [-0.3, -0.25) is 0 Å². The number of rotatable bonds is 4. The normalized spacial score (nSPS) is 16.2. The van der Waals surface area contributed by atoms with Gasteiger partial charge in [-0.05, 0) is 0 Å². The molecule has 0 aromatic heterocycles. The van der Waals surface area contributed by atoms with Gasteiger partial charge in [0.15, 0.2) is 0 Å². The Bertz CT molecular complexity index is 1800. The first-order valence-corrected chi connectivity index (χ1v) is 23.6. The van der Waals surface area contributed by atoms with Crippen LogP contribution in [0.2, 0.25) is 8.26 Å². The third kappa shape index (κ3) is 6.20. The Morgan fingerprint density at radius 1 is 0.542 bits per heavy atom. The van der Waals surface area contributed by atoms with Crippen molar-refractivity contribution in [2.45, 2.75) is 98.4 Å². The smallest absolute Gasteiger partial charge is 1.00 e. The van der Waals surface area contributed by atoms with Crippen LogP contribution in [-0.4, -0.2) is 0 Å². The minimum atomic E-state index is -2.88. The summed E-state index contributed by atoms with van der Waals surface area (Å²) in [4.78, 5) is 0. The minimum absolute atomic E-state index is 0. The van der Waals surface area contributed by atoms with E-state index < -0.39 is 20.3 Å². The third-order valence-electron chi connectivity index (χ3n) is 11.1. The molecule has 0 unspecified atom stereocenters. The molecule has 0 N–H and O–H groups in total. The molecule has 0 spiro atoms. The third-order valence-corrected chi connectivity index (χ3v) is 23.3. The van der Waals surface area contributed by atoms with E-state index in [0.717, 1.165) is 0 Å². The first kappa shape index (κ1) is 37.1. The summed E-state index contributed by atoms with van der Waals surface area (Å²) in [5.41, 5.74) is 18.2. The molecule has 1 fully saturated rings. The van der Waals surface area contributed by atoms with Crippen molar-refractivity contribution in [1.29, 1.82) is 0 Å². The molecule has 4 aromatic carbocycles. The van der Waals surface area contributed by atoms with Crippen molar-refractivity contribution in [2.24, 2.45) is 5.41 Å². The molecule has 0 nitrogen and oxygen atoms in total. The largest absolute Gasteiger partial charge is 1.00 e. The zero-order valence-electron chi connectivity index (χ0n) is 30.6. The fourth-order valence-electron chi connectivity index (χ4n) is 8.99. The number of hydrogen-bond donors (Lipinski definition) is 0. The summed E-state index contributed by atoms with van der Waals surface area (Å²) in [5.74, 6) is 0. The van der Waals surface area contributed by atoms with Crippen molar-refractivity contribution >= 4 is 0 Å². The quantitative estimate of drug-likeness (QED) is 0.205. The summed E-state index contributed by atoms with van der Waals surface area (Å²) in [6, 6.07) is 33.0. The Balaban J connectivity index is 0.00000225. The summed E-state index contributed by atoms with van der Waals surface area (Å²) in [6.45, 7) is 24.1. The van der Waals surface area contributed by atoms with E-state index in [2.05, 4.69) is 160 Å². The van der Waals surface area contributed by atoms with Crippen LogP contribution in [0.4, 0.5) is 0 Å². The van der Waals surface area contributed by atoms with E-state index in [1.54, 1.807) is 22.3 Å². The van der Waals surface area contributed by atoms with Gasteiger partial charge in [-0.1, -0.05) is 0 Å². The summed E-state index contributed by atoms with van der Waals surface area (Å²) >= 11 is -2.88. The fourth-order valence-corrected chi connectivity index (χ4v) is 25.3. The predicted molar refractivity (Wildman–Crippen MR) is 196 cm³/mol. The van der Waals surface area contributed by atoms with Gasteiger partial charge < -0.3 is 24.8 Å². The molecule has 2 aliphatic carbocycles. The Hall–Kier alpha value is -2.18. The van der Waals surface area contributed by atoms with Crippen LogP contribution in [0.25, 0.3) is 33.4 Å². The van der Waals surface area contributed by atoms with E-state index in [4.69, 9.17) is 0 Å². The Morgan fingerprint density at radius 2 is 0.958 bits per heavy atom. The van der Waals surface area contributed by atoms with Gasteiger partial charge in [0.1, 0.15) is 0 Å². The predicted octanol–water partition coefficient (Wildman–Crippen LogP) is 7.35. The summed E-state index contributed by atoms with van der Waals surface area (Å²) in [5, 5.41) is 0. The average Bonchev–Trinajstić information content (AvgIpc) is 3.58. The van der Waals surface area contributed by atoms with Gasteiger partial charge in [-0.25, -0.2) is 0 Å². The average molecular weight is 755 g/mol. The molecule has 48 heavy (non-hydrogen) atoms. The molecular formula is C45H52Cl2Zr. The molecule has 3 aliphatic rings. The summed E-state index contributed by atoms with van der Waals surface area (Å²) < 4.78 is 5.42. The molecule has 0 amide bonds. The van der Waals surface area contributed by atoms with Crippen LogP contribution in [0, 0.1) is 5.41 Å². The van der Waals surface area contributed by atoms with Gasteiger partial charge in [-0.2, -0.15) is 0 Å². The maximum Gasteiger partial charge on any atom is -1.00 e. The van der Waals surface area contributed by atoms with Gasteiger partial charge in [0.25, 0.3) is 0 Å². The van der Waals surface area contributed by atoms with Crippen molar-refractivity contribution in [3.8, 4) is 33.4 Å². The van der Waals surface area contributed by atoms with Crippen LogP contribution in [0.5, 0.6) is 0 Å². The second-order valence-corrected chi connectivity index (χ2v) is 28.5. The minimum Gasteiger partial charge on any atom is -1.00 e. The van der Waals surface area contributed by atoms with Crippen LogP contribution in [0.1, 0.15) is 102 Å². The molecule has 250 valence electrons. The molecule has 3 heteroatoms. The zero-order chi connectivity index (χ0) is 32.8. The fraction of sp³-hybridized carbons (Fsp3) is 0.378. The van der Waals surface area contributed by atoms with Crippen LogP contribution < -0.4 is 24.8 Å². The molecule has 1 saturated heterocycles. The number of allylic oxidation sites excluding steroid dienone is 4. The second kappa shape index (κ2) is 12.9. The standard InChI is InChI=1S/C33H33.C10H15.C2H4.2ClH.Zr/c1-32(2,3)30-20-26-24(18-28(30)22-13-9-7-10-14-22)17-25-19-29(23-15-11-8-12-16-23)31(21-27(25)26)33(4,5)6;1-8-6-5-7-9(8)10(2,3)4;1-2;;;/h7-21H,1-6H3;6H,5H2,1-4H3;1-2H2;2*1H;/q;;;;;+2/p-2. The molecule has 0 bridgehead atoms.